The first-order chi connectivity index (χ1) is 12.2. The SMILES string of the molecule is CN(C[C@@H]1CCNC1)C(=O)c1ccc(-c2ccc3cn[nH]c3c2)cc1. The van der Waals surface area contributed by atoms with E-state index in [0.29, 0.717) is 5.92 Å². The number of aromatic amines is 1. The quantitative estimate of drug-likeness (QED) is 0.771. The van der Waals surface area contributed by atoms with Gasteiger partial charge in [0, 0.05) is 24.5 Å². The topological polar surface area (TPSA) is 61.0 Å². The number of fused-ring (bicyclic) bond motifs is 1. The summed E-state index contributed by atoms with van der Waals surface area (Å²) in [6.07, 6.45) is 2.96. The van der Waals surface area contributed by atoms with Crippen molar-refractivity contribution in [1.82, 2.24) is 20.4 Å². The van der Waals surface area contributed by atoms with E-state index in [2.05, 4.69) is 33.7 Å². The Morgan fingerprint density at radius 2 is 2.00 bits per heavy atom. The fourth-order valence-electron chi connectivity index (χ4n) is 3.48. The van der Waals surface area contributed by atoms with Gasteiger partial charge in [0.2, 0.25) is 0 Å². The Kier molecular flexibility index (Phi) is 4.24. The average molecular weight is 334 g/mol. The number of carbonyl (C=O) groups is 1. The van der Waals surface area contributed by atoms with Gasteiger partial charge in [-0.25, -0.2) is 0 Å². The number of hydrogen-bond acceptors (Lipinski definition) is 3. The number of aromatic nitrogens is 2. The highest BCUT2D eigenvalue weighted by Crippen LogP contribution is 2.24. The predicted octanol–water partition coefficient (Wildman–Crippen LogP) is 2.91. The van der Waals surface area contributed by atoms with Crippen LogP contribution in [0.2, 0.25) is 0 Å². The highest BCUT2D eigenvalue weighted by Gasteiger charge is 2.20. The predicted molar refractivity (Wildman–Crippen MR) is 99.5 cm³/mol. The second kappa shape index (κ2) is 6.69. The minimum Gasteiger partial charge on any atom is -0.341 e. The number of H-pyrrole nitrogens is 1. The number of nitrogens with zero attached hydrogens (tertiary/aromatic N) is 2. The van der Waals surface area contributed by atoms with E-state index >= 15 is 0 Å². The molecule has 0 radical (unpaired) electrons. The number of nitrogens with one attached hydrogen (secondary N) is 2. The van der Waals surface area contributed by atoms with E-state index in [1.54, 1.807) is 0 Å². The van der Waals surface area contributed by atoms with E-state index in [1.807, 2.05) is 42.4 Å². The van der Waals surface area contributed by atoms with Crippen LogP contribution in [-0.4, -0.2) is 47.7 Å². The van der Waals surface area contributed by atoms with Crippen LogP contribution >= 0.6 is 0 Å². The van der Waals surface area contributed by atoms with Crippen LogP contribution in [0.3, 0.4) is 0 Å². The van der Waals surface area contributed by atoms with Crippen LogP contribution in [-0.2, 0) is 0 Å². The van der Waals surface area contributed by atoms with Crippen molar-refractivity contribution in [1.29, 1.82) is 0 Å². The van der Waals surface area contributed by atoms with Gasteiger partial charge in [0.25, 0.3) is 5.91 Å². The standard InChI is InChI=1S/C20H22N4O/c1-24(13-14-8-9-21-11-14)20(25)16-4-2-15(3-5-16)17-6-7-18-12-22-23-19(18)10-17/h2-7,10,12,14,21H,8-9,11,13H2,1H3,(H,22,23)/t14-/m1/s1. The first-order valence-corrected chi connectivity index (χ1v) is 8.70. The van der Waals surface area contributed by atoms with Crippen LogP contribution in [0.5, 0.6) is 0 Å². The third-order valence-corrected chi connectivity index (χ3v) is 4.95. The molecule has 1 amide bonds. The molecule has 1 fully saturated rings. The number of hydrogen-bond donors (Lipinski definition) is 2. The molecule has 2 N–H and O–H groups in total. The van der Waals surface area contributed by atoms with Crippen molar-refractivity contribution in [2.75, 3.05) is 26.7 Å². The summed E-state index contributed by atoms with van der Waals surface area (Å²) in [4.78, 5) is 14.4. The zero-order valence-electron chi connectivity index (χ0n) is 14.3. The van der Waals surface area contributed by atoms with E-state index in [1.165, 1.54) is 0 Å². The van der Waals surface area contributed by atoms with Crippen LogP contribution in [0.15, 0.2) is 48.7 Å². The monoisotopic (exact) mass is 334 g/mol. The highest BCUT2D eigenvalue weighted by atomic mass is 16.2. The van der Waals surface area contributed by atoms with E-state index in [9.17, 15) is 4.79 Å². The molecular weight excluding hydrogens is 312 g/mol. The van der Waals surface area contributed by atoms with Gasteiger partial charge in [0.05, 0.1) is 11.7 Å². The van der Waals surface area contributed by atoms with Gasteiger partial charge in [0.1, 0.15) is 0 Å². The van der Waals surface area contributed by atoms with Gasteiger partial charge in [-0.2, -0.15) is 5.10 Å². The third-order valence-electron chi connectivity index (χ3n) is 4.95. The van der Waals surface area contributed by atoms with E-state index in [4.69, 9.17) is 0 Å². The van der Waals surface area contributed by atoms with Gasteiger partial charge in [-0.3, -0.25) is 9.89 Å². The van der Waals surface area contributed by atoms with Crippen molar-refractivity contribution >= 4 is 16.8 Å². The van der Waals surface area contributed by atoms with E-state index in [0.717, 1.165) is 53.6 Å². The van der Waals surface area contributed by atoms with E-state index in [-0.39, 0.29) is 5.91 Å². The average Bonchev–Trinajstić information content (AvgIpc) is 3.32. The molecule has 1 saturated heterocycles. The molecule has 5 heteroatoms. The van der Waals surface area contributed by atoms with Crippen molar-refractivity contribution in [2.24, 2.45) is 5.92 Å². The summed E-state index contributed by atoms with van der Waals surface area (Å²) in [5, 5.41) is 11.5. The van der Waals surface area contributed by atoms with Crippen molar-refractivity contribution in [3.8, 4) is 11.1 Å². The largest absolute Gasteiger partial charge is 0.341 e. The summed E-state index contributed by atoms with van der Waals surface area (Å²) < 4.78 is 0. The Morgan fingerprint density at radius 1 is 1.20 bits per heavy atom. The number of benzene rings is 2. The van der Waals surface area contributed by atoms with Crippen LogP contribution in [0.25, 0.3) is 22.0 Å². The van der Waals surface area contributed by atoms with Gasteiger partial charge < -0.3 is 10.2 Å². The van der Waals surface area contributed by atoms with Gasteiger partial charge >= 0.3 is 0 Å². The molecule has 5 nitrogen and oxygen atoms in total. The third kappa shape index (κ3) is 3.28. The molecule has 1 aliphatic heterocycles. The van der Waals surface area contributed by atoms with Gasteiger partial charge in [-0.05, 0) is 54.8 Å². The molecule has 2 heterocycles. The molecule has 0 aliphatic carbocycles. The molecule has 1 aromatic heterocycles. The fourth-order valence-corrected chi connectivity index (χ4v) is 3.48. The second-order valence-electron chi connectivity index (χ2n) is 6.79. The molecule has 1 atom stereocenters. The van der Waals surface area contributed by atoms with Crippen molar-refractivity contribution in [2.45, 2.75) is 6.42 Å². The minimum atomic E-state index is 0.0856. The molecule has 0 bridgehead atoms. The Morgan fingerprint density at radius 3 is 2.76 bits per heavy atom. The van der Waals surface area contributed by atoms with Crippen LogP contribution < -0.4 is 5.32 Å². The lowest BCUT2D eigenvalue weighted by atomic mass is 10.0. The molecule has 128 valence electrons. The molecule has 0 spiro atoms. The summed E-state index contributed by atoms with van der Waals surface area (Å²) in [5.74, 6) is 0.650. The maximum Gasteiger partial charge on any atom is 0.253 e. The van der Waals surface area contributed by atoms with Crippen LogP contribution in [0.4, 0.5) is 0 Å². The highest BCUT2D eigenvalue weighted by molar-refractivity contribution is 5.94. The van der Waals surface area contributed by atoms with Gasteiger partial charge in [-0.1, -0.05) is 24.3 Å². The summed E-state index contributed by atoms with van der Waals surface area (Å²) in [6.45, 7) is 2.87. The van der Waals surface area contributed by atoms with E-state index < -0.39 is 0 Å². The number of amides is 1. The first-order valence-electron chi connectivity index (χ1n) is 8.70. The Bertz CT molecular complexity index is 878. The summed E-state index contributed by atoms with van der Waals surface area (Å²) in [6, 6.07) is 14.1. The Labute approximate surface area is 147 Å². The normalized spacial score (nSPS) is 17.1. The van der Waals surface area contributed by atoms with Crippen molar-refractivity contribution in [3.05, 3.63) is 54.2 Å². The summed E-state index contributed by atoms with van der Waals surface area (Å²) >= 11 is 0. The lowest BCUT2D eigenvalue weighted by Crippen LogP contribution is -2.32. The molecular formula is C20H22N4O. The molecule has 0 unspecified atom stereocenters. The second-order valence-corrected chi connectivity index (χ2v) is 6.79. The molecule has 0 saturated carbocycles. The zero-order chi connectivity index (χ0) is 17.2. The number of rotatable bonds is 4. The maximum absolute atomic E-state index is 12.6. The summed E-state index contributed by atoms with van der Waals surface area (Å²) in [7, 11) is 1.89. The molecule has 25 heavy (non-hydrogen) atoms. The minimum absolute atomic E-state index is 0.0856. The number of carbonyl (C=O) groups excluding carboxylic acids is 1. The molecule has 4 rings (SSSR count). The molecule has 3 aromatic rings. The molecule has 2 aromatic carbocycles. The van der Waals surface area contributed by atoms with Crippen molar-refractivity contribution in [3.63, 3.8) is 0 Å². The maximum atomic E-state index is 12.6. The van der Waals surface area contributed by atoms with Gasteiger partial charge in [-0.15, -0.1) is 0 Å². The first kappa shape index (κ1) is 15.8. The lowest BCUT2D eigenvalue weighted by molar-refractivity contribution is 0.0776. The summed E-state index contributed by atoms with van der Waals surface area (Å²) in [5.41, 5.74) is 3.96. The Hall–Kier alpha value is -2.66. The lowest BCUT2D eigenvalue weighted by Gasteiger charge is -2.21. The van der Waals surface area contributed by atoms with Crippen LogP contribution in [0.1, 0.15) is 16.8 Å². The van der Waals surface area contributed by atoms with Gasteiger partial charge in [0.15, 0.2) is 0 Å². The smallest absolute Gasteiger partial charge is 0.253 e. The van der Waals surface area contributed by atoms with Crippen LogP contribution in [0, 0.1) is 5.92 Å². The Balaban J connectivity index is 1.49. The zero-order valence-corrected chi connectivity index (χ0v) is 14.3. The van der Waals surface area contributed by atoms with Crippen molar-refractivity contribution < 1.29 is 4.79 Å². The fraction of sp³-hybridized carbons (Fsp3) is 0.300. The molecule has 1 aliphatic rings.